The van der Waals surface area contributed by atoms with Crippen molar-refractivity contribution in [1.82, 2.24) is 0 Å². The molecule has 0 fully saturated rings. The molecule has 0 nitrogen and oxygen atoms in total. The largest absolute Gasteiger partial charge is 0.266 e. The molecule has 0 aliphatic rings. The number of halogens is 2. The summed E-state index contributed by atoms with van der Waals surface area (Å²) in [6, 6.07) is 0. The van der Waals surface area contributed by atoms with Crippen molar-refractivity contribution in [3.8, 4) is 0 Å². The molecule has 0 aromatic rings. The molecule has 0 amide bonds. The Kier molecular flexibility index (Phi) is 5.07. The van der Waals surface area contributed by atoms with Crippen LogP contribution in [0.25, 0.3) is 0 Å². The van der Waals surface area contributed by atoms with Crippen molar-refractivity contribution >= 4 is 0 Å². The van der Waals surface area contributed by atoms with Gasteiger partial charge in [-0.1, -0.05) is 12.2 Å². The summed E-state index contributed by atoms with van der Waals surface area (Å²) in [5.41, 5.74) is 0. The van der Waals surface area contributed by atoms with Gasteiger partial charge in [-0.25, -0.2) is 0 Å². The van der Waals surface area contributed by atoms with Gasteiger partial charge in [-0.3, -0.25) is 0 Å². The highest BCUT2D eigenvalue weighted by atomic mass is 19.3. The Bertz CT molecular complexity index is 110. The van der Waals surface area contributed by atoms with Crippen LogP contribution in [0.2, 0.25) is 0 Å². The van der Waals surface area contributed by atoms with Gasteiger partial charge in [0, 0.05) is 0 Å². The lowest BCUT2D eigenvalue weighted by atomic mass is 10.3. The molecule has 2 heteroatoms. The van der Waals surface area contributed by atoms with E-state index in [4.69, 9.17) is 0 Å². The first-order valence-electron chi connectivity index (χ1n) is 2.89. The molecule has 52 valence electrons. The molecule has 0 unspecified atom stereocenters. The van der Waals surface area contributed by atoms with Crippen LogP contribution in [0.5, 0.6) is 0 Å². The standard InChI is InChI=1S/C7H10F2/c1-2-3-4-5-6-7(8)9/h2-3,6H,4-5H2,1H3/b3-2+. The number of rotatable bonds is 3. The first-order valence-corrected chi connectivity index (χ1v) is 2.89. The molecule has 0 spiro atoms. The van der Waals surface area contributed by atoms with E-state index in [1.807, 2.05) is 19.1 Å². The Morgan fingerprint density at radius 2 is 2.00 bits per heavy atom. The maximum atomic E-state index is 11.3. The van der Waals surface area contributed by atoms with E-state index < -0.39 is 6.08 Å². The van der Waals surface area contributed by atoms with E-state index in [-0.39, 0.29) is 0 Å². The van der Waals surface area contributed by atoms with E-state index in [1.54, 1.807) is 0 Å². The molecule has 0 rings (SSSR count). The third-order valence-corrected chi connectivity index (χ3v) is 0.868. The molecule has 0 heterocycles. The maximum Gasteiger partial charge on any atom is 0.266 e. The Morgan fingerprint density at radius 1 is 1.33 bits per heavy atom. The van der Waals surface area contributed by atoms with Crippen molar-refractivity contribution in [2.24, 2.45) is 0 Å². The van der Waals surface area contributed by atoms with Crippen molar-refractivity contribution in [2.75, 3.05) is 0 Å². The van der Waals surface area contributed by atoms with Crippen LogP contribution in [0.1, 0.15) is 19.8 Å². The molecule has 0 N–H and O–H groups in total. The Hall–Kier alpha value is -0.660. The van der Waals surface area contributed by atoms with Gasteiger partial charge in [0.25, 0.3) is 6.08 Å². The second-order valence-corrected chi connectivity index (χ2v) is 1.64. The van der Waals surface area contributed by atoms with Crippen LogP contribution in [-0.4, -0.2) is 0 Å². The van der Waals surface area contributed by atoms with E-state index in [1.165, 1.54) is 0 Å². The molecule has 0 saturated heterocycles. The Balaban J connectivity index is 3.20. The molecular weight excluding hydrogens is 122 g/mol. The van der Waals surface area contributed by atoms with Crippen LogP contribution in [0, 0.1) is 0 Å². The van der Waals surface area contributed by atoms with Gasteiger partial charge in [-0.05, 0) is 25.8 Å². The van der Waals surface area contributed by atoms with Gasteiger partial charge in [-0.15, -0.1) is 0 Å². The minimum absolute atomic E-state index is 0.437. The number of unbranched alkanes of at least 4 members (excludes halogenated alkanes) is 1. The highest BCUT2D eigenvalue weighted by Crippen LogP contribution is 2.01. The van der Waals surface area contributed by atoms with Gasteiger partial charge in [-0.2, -0.15) is 8.78 Å². The summed E-state index contributed by atoms with van der Waals surface area (Å²) in [6.45, 7) is 1.87. The summed E-state index contributed by atoms with van der Waals surface area (Å²) in [6.07, 6.45) is 4.20. The van der Waals surface area contributed by atoms with E-state index in [2.05, 4.69) is 0 Å². The van der Waals surface area contributed by atoms with Crippen LogP contribution < -0.4 is 0 Å². The van der Waals surface area contributed by atoms with Gasteiger partial charge in [0.05, 0.1) is 0 Å². The molecule has 0 aliphatic carbocycles. The molecule has 0 aromatic heterocycles. The van der Waals surface area contributed by atoms with Crippen molar-refractivity contribution in [3.05, 3.63) is 24.3 Å². The molecule has 0 atom stereocenters. The summed E-state index contributed by atoms with van der Waals surface area (Å²) in [5.74, 6) is 0. The monoisotopic (exact) mass is 132 g/mol. The molecule has 0 saturated carbocycles. The topological polar surface area (TPSA) is 0 Å². The number of hydrogen-bond acceptors (Lipinski definition) is 0. The maximum absolute atomic E-state index is 11.3. The lowest BCUT2D eigenvalue weighted by Gasteiger charge is -1.82. The van der Waals surface area contributed by atoms with E-state index >= 15 is 0 Å². The highest BCUT2D eigenvalue weighted by Gasteiger charge is 1.83. The fraction of sp³-hybridized carbons (Fsp3) is 0.429. The minimum Gasteiger partial charge on any atom is -0.174 e. The van der Waals surface area contributed by atoms with Crippen LogP contribution in [0.4, 0.5) is 8.78 Å². The molecular formula is C7H10F2. The summed E-state index contributed by atoms with van der Waals surface area (Å²) < 4.78 is 22.6. The van der Waals surface area contributed by atoms with Crippen LogP contribution in [-0.2, 0) is 0 Å². The minimum atomic E-state index is -1.58. The van der Waals surface area contributed by atoms with Gasteiger partial charge in [0.2, 0.25) is 0 Å². The van der Waals surface area contributed by atoms with E-state index in [9.17, 15) is 8.78 Å². The summed E-state index contributed by atoms with van der Waals surface area (Å²) in [4.78, 5) is 0. The molecule has 0 aliphatic heterocycles. The fourth-order valence-electron chi connectivity index (χ4n) is 0.455. The predicted molar refractivity (Wildman–Crippen MR) is 34.3 cm³/mol. The molecule has 0 bridgehead atoms. The SMILES string of the molecule is C/C=C/CCC=C(F)F. The van der Waals surface area contributed by atoms with Crippen LogP contribution >= 0.6 is 0 Å². The van der Waals surface area contributed by atoms with E-state index in [0.717, 1.165) is 6.08 Å². The zero-order chi connectivity index (χ0) is 7.11. The fourth-order valence-corrected chi connectivity index (χ4v) is 0.455. The summed E-state index contributed by atoms with van der Waals surface area (Å²) >= 11 is 0. The predicted octanol–water partition coefficient (Wildman–Crippen LogP) is 3.12. The zero-order valence-electron chi connectivity index (χ0n) is 5.40. The number of allylic oxidation sites excluding steroid dienone is 3. The lowest BCUT2D eigenvalue weighted by molar-refractivity contribution is 0.417. The van der Waals surface area contributed by atoms with Crippen molar-refractivity contribution in [2.45, 2.75) is 19.8 Å². The molecule has 0 aromatic carbocycles. The molecule has 0 radical (unpaired) electrons. The van der Waals surface area contributed by atoms with Crippen molar-refractivity contribution < 1.29 is 8.78 Å². The number of hydrogen-bond donors (Lipinski definition) is 0. The van der Waals surface area contributed by atoms with Gasteiger partial charge in [0.15, 0.2) is 0 Å². The van der Waals surface area contributed by atoms with Gasteiger partial charge >= 0.3 is 0 Å². The van der Waals surface area contributed by atoms with Crippen LogP contribution in [0.3, 0.4) is 0 Å². The summed E-state index contributed by atoms with van der Waals surface area (Å²) in [5, 5.41) is 0. The van der Waals surface area contributed by atoms with Crippen molar-refractivity contribution in [3.63, 3.8) is 0 Å². The third-order valence-electron chi connectivity index (χ3n) is 0.868. The first kappa shape index (κ1) is 8.34. The average molecular weight is 132 g/mol. The van der Waals surface area contributed by atoms with Crippen molar-refractivity contribution in [1.29, 1.82) is 0 Å². The quantitative estimate of drug-likeness (QED) is 0.409. The Morgan fingerprint density at radius 3 is 2.44 bits per heavy atom. The van der Waals surface area contributed by atoms with Gasteiger partial charge < -0.3 is 0 Å². The normalized spacial score (nSPS) is 10.1. The second kappa shape index (κ2) is 5.48. The molecule has 9 heavy (non-hydrogen) atoms. The highest BCUT2D eigenvalue weighted by molar-refractivity contribution is 4.85. The summed E-state index contributed by atoms with van der Waals surface area (Å²) in [7, 11) is 0. The lowest BCUT2D eigenvalue weighted by Crippen LogP contribution is -1.64. The van der Waals surface area contributed by atoms with Gasteiger partial charge in [0.1, 0.15) is 0 Å². The van der Waals surface area contributed by atoms with E-state index in [0.29, 0.717) is 12.8 Å². The third kappa shape index (κ3) is 7.34. The zero-order valence-corrected chi connectivity index (χ0v) is 5.40. The Labute approximate surface area is 53.9 Å². The average Bonchev–Trinajstić information content (AvgIpc) is 1.80. The van der Waals surface area contributed by atoms with Crippen LogP contribution in [0.15, 0.2) is 24.3 Å². The smallest absolute Gasteiger partial charge is 0.174 e. The second-order valence-electron chi connectivity index (χ2n) is 1.64. The first-order chi connectivity index (χ1) is 4.27.